The monoisotopic (exact) mass is 234 g/mol. The van der Waals surface area contributed by atoms with Crippen molar-refractivity contribution >= 4 is 5.97 Å². The van der Waals surface area contributed by atoms with Gasteiger partial charge in [-0.05, 0) is 56.2 Å². The third kappa shape index (κ3) is 2.07. The molecular formula is C14H18O3. The lowest BCUT2D eigenvalue weighted by molar-refractivity contribution is -0.239. The Kier molecular flexibility index (Phi) is 3.20. The second-order valence-electron chi connectivity index (χ2n) is 5.15. The van der Waals surface area contributed by atoms with E-state index in [0.29, 0.717) is 0 Å². The van der Waals surface area contributed by atoms with Gasteiger partial charge in [-0.2, -0.15) is 5.26 Å². The Hall–Kier alpha value is -1.35. The number of hydrogen-bond donors (Lipinski definition) is 1. The third-order valence-electron chi connectivity index (χ3n) is 3.66. The molecule has 0 aromatic heterocycles. The van der Waals surface area contributed by atoms with E-state index in [-0.39, 0.29) is 0 Å². The van der Waals surface area contributed by atoms with E-state index in [4.69, 9.17) is 5.26 Å². The second kappa shape index (κ2) is 4.49. The zero-order valence-electron chi connectivity index (χ0n) is 10.3. The van der Waals surface area contributed by atoms with Crippen LogP contribution in [-0.4, -0.2) is 11.2 Å². The van der Waals surface area contributed by atoms with E-state index in [2.05, 4.69) is 11.0 Å². The average Bonchev–Trinajstić information content (AvgIpc) is 2.37. The molecule has 17 heavy (non-hydrogen) atoms. The van der Waals surface area contributed by atoms with Crippen LogP contribution in [0.1, 0.15) is 43.4 Å². The van der Waals surface area contributed by atoms with Crippen LogP contribution in [0.15, 0.2) is 18.2 Å². The highest BCUT2D eigenvalue weighted by molar-refractivity contribution is 5.82. The van der Waals surface area contributed by atoms with Crippen LogP contribution >= 0.6 is 0 Å². The summed E-state index contributed by atoms with van der Waals surface area (Å²) in [5.41, 5.74) is 2.77. The largest absolute Gasteiger partial charge is 0.351 e. The summed E-state index contributed by atoms with van der Waals surface area (Å²) in [5, 5.41) is 8.59. The summed E-state index contributed by atoms with van der Waals surface area (Å²) in [7, 11) is 0. The van der Waals surface area contributed by atoms with Gasteiger partial charge in [-0.3, -0.25) is 0 Å². The zero-order chi connectivity index (χ0) is 12.5. The van der Waals surface area contributed by atoms with Crippen molar-refractivity contribution in [2.75, 3.05) is 0 Å². The number of fused-ring (bicyclic) bond motifs is 1. The smallest absolute Gasteiger partial charge is 0.300 e. The molecule has 0 spiro atoms. The quantitative estimate of drug-likeness (QED) is 0.632. The number of hydrogen-bond acceptors (Lipinski definition) is 3. The number of carbonyl (C=O) groups is 1. The van der Waals surface area contributed by atoms with Gasteiger partial charge in [0.15, 0.2) is 0 Å². The molecule has 0 saturated carbocycles. The van der Waals surface area contributed by atoms with Gasteiger partial charge in [-0.1, -0.05) is 18.2 Å². The van der Waals surface area contributed by atoms with Gasteiger partial charge in [0.1, 0.15) is 0 Å². The first-order valence-corrected chi connectivity index (χ1v) is 6.04. The molecule has 92 valence electrons. The van der Waals surface area contributed by atoms with Gasteiger partial charge in [0.25, 0.3) is 0 Å². The molecule has 0 saturated heterocycles. The van der Waals surface area contributed by atoms with Gasteiger partial charge in [-0.25, -0.2) is 4.79 Å². The summed E-state index contributed by atoms with van der Waals surface area (Å²) in [5.74, 6) is -0.600. The first kappa shape index (κ1) is 12.1. The maximum absolute atomic E-state index is 11.6. The number of carbonyl (C=O) groups excluding carboxylic acids is 1. The van der Waals surface area contributed by atoms with Crippen LogP contribution in [0.4, 0.5) is 0 Å². The molecular weight excluding hydrogens is 216 g/mol. The predicted octanol–water partition coefficient (Wildman–Crippen LogP) is 2.86. The van der Waals surface area contributed by atoms with Crippen molar-refractivity contribution in [3.63, 3.8) is 0 Å². The molecule has 3 nitrogen and oxygen atoms in total. The fourth-order valence-electron chi connectivity index (χ4n) is 2.59. The zero-order valence-corrected chi connectivity index (χ0v) is 10.3. The lowest BCUT2D eigenvalue weighted by Gasteiger charge is -2.27. The van der Waals surface area contributed by atoms with E-state index >= 15 is 0 Å². The second-order valence-corrected chi connectivity index (χ2v) is 5.15. The fraction of sp³-hybridized carbons (Fsp3) is 0.500. The summed E-state index contributed by atoms with van der Waals surface area (Å²) >= 11 is 0. The van der Waals surface area contributed by atoms with Crippen LogP contribution in [0.3, 0.4) is 0 Å². The van der Waals surface area contributed by atoms with E-state index in [1.54, 1.807) is 13.8 Å². The van der Waals surface area contributed by atoms with Crippen LogP contribution in [0.2, 0.25) is 0 Å². The van der Waals surface area contributed by atoms with Gasteiger partial charge < -0.3 is 4.89 Å². The first-order chi connectivity index (χ1) is 8.07. The van der Waals surface area contributed by atoms with Crippen LogP contribution in [-0.2, 0) is 27.9 Å². The summed E-state index contributed by atoms with van der Waals surface area (Å²) in [6, 6.07) is 6.06. The highest BCUT2D eigenvalue weighted by Crippen LogP contribution is 2.33. The SMILES string of the molecule is CC(C)(C(=O)OO)c1cccc2c1CCCC2. The molecule has 1 aliphatic rings. The lowest BCUT2D eigenvalue weighted by atomic mass is 9.77. The molecule has 1 N–H and O–H groups in total. The van der Waals surface area contributed by atoms with Gasteiger partial charge in [-0.15, -0.1) is 0 Å². The molecule has 0 heterocycles. The molecule has 3 heteroatoms. The number of rotatable bonds is 2. The maximum atomic E-state index is 11.6. The normalized spacial score (nSPS) is 15.2. The Morgan fingerprint density at radius 2 is 2.00 bits per heavy atom. The minimum Gasteiger partial charge on any atom is -0.300 e. The van der Waals surface area contributed by atoms with Crippen molar-refractivity contribution in [3.05, 3.63) is 34.9 Å². The van der Waals surface area contributed by atoms with Crippen molar-refractivity contribution in [2.24, 2.45) is 0 Å². The predicted molar refractivity (Wildman–Crippen MR) is 64.8 cm³/mol. The van der Waals surface area contributed by atoms with E-state index < -0.39 is 11.4 Å². The summed E-state index contributed by atoms with van der Waals surface area (Å²) in [4.78, 5) is 15.6. The minimum absolute atomic E-state index is 0.600. The molecule has 1 aliphatic carbocycles. The van der Waals surface area contributed by atoms with E-state index in [0.717, 1.165) is 24.8 Å². The highest BCUT2D eigenvalue weighted by atomic mass is 17.1. The van der Waals surface area contributed by atoms with Crippen molar-refractivity contribution in [1.29, 1.82) is 0 Å². The molecule has 1 aromatic rings. The van der Waals surface area contributed by atoms with E-state index in [9.17, 15) is 4.79 Å². The fourth-order valence-corrected chi connectivity index (χ4v) is 2.59. The van der Waals surface area contributed by atoms with Gasteiger partial charge in [0.2, 0.25) is 0 Å². The molecule has 0 radical (unpaired) electrons. The van der Waals surface area contributed by atoms with Crippen LogP contribution in [0.25, 0.3) is 0 Å². The van der Waals surface area contributed by atoms with Crippen molar-refractivity contribution in [1.82, 2.24) is 0 Å². The maximum Gasteiger partial charge on any atom is 0.351 e. The standard InChI is InChI=1S/C14H18O3/c1-14(2,13(15)17-16)12-9-5-7-10-6-3-4-8-11(10)12/h5,7,9,16H,3-4,6,8H2,1-2H3. The topological polar surface area (TPSA) is 46.5 Å². The summed E-state index contributed by atoms with van der Waals surface area (Å²) in [6.07, 6.45) is 4.46. The number of benzene rings is 1. The molecule has 0 aliphatic heterocycles. The Morgan fingerprint density at radius 3 is 2.71 bits per heavy atom. The van der Waals surface area contributed by atoms with Crippen LogP contribution < -0.4 is 0 Å². The Labute approximate surface area is 101 Å². The summed E-state index contributed by atoms with van der Waals surface area (Å²) < 4.78 is 0. The molecule has 0 bridgehead atoms. The van der Waals surface area contributed by atoms with Gasteiger partial charge in [0, 0.05) is 0 Å². The summed E-state index contributed by atoms with van der Waals surface area (Å²) in [6.45, 7) is 3.57. The highest BCUT2D eigenvalue weighted by Gasteiger charge is 2.34. The molecule has 0 fully saturated rings. The third-order valence-corrected chi connectivity index (χ3v) is 3.66. The minimum atomic E-state index is -0.794. The molecule has 2 rings (SSSR count). The van der Waals surface area contributed by atoms with Crippen LogP contribution in [0, 0.1) is 0 Å². The average molecular weight is 234 g/mol. The van der Waals surface area contributed by atoms with Crippen molar-refractivity contribution in [3.8, 4) is 0 Å². The molecule has 1 aromatic carbocycles. The van der Waals surface area contributed by atoms with Crippen molar-refractivity contribution in [2.45, 2.75) is 44.9 Å². The van der Waals surface area contributed by atoms with E-state index in [1.165, 1.54) is 17.5 Å². The number of aryl methyl sites for hydroxylation is 1. The Morgan fingerprint density at radius 1 is 1.29 bits per heavy atom. The molecule has 0 unspecified atom stereocenters. The molecule has 0 atom stereocenters. The van der Waals surface area contributed by atoms with E-state index in [1.807, 2.05) is 12.1 Å². The first-order valence-electron chi connectivity index (χ1n) is 6.04. The Balaban J connectivity index is 2.48. The van der Waals surface area contributed by atoms with Gasteiger partial charge >= 0.3 is 5.97 Å². The lowest BCUT2D eigenvalue weighted by Crippen LogP contribution is -2.32. The van der Waals surface area contributed by atoms with Gasteiger partial charge in [0.05, 0.1) is 5.41 Å². The molecule has 0 amide bonds. The van der Waals surface area contributed by atoms with Crippen LogP contribution in [0.5, 0.6) is 0 Å². The Bertz CT molecular complexity index is 435. The van der Waals surface area contributed by atoms with Crippen molar-refractivity contribution < 1.29 is 14.9 Å².